The van der Waals surface area contributed by atoms with Crippen LogP contribution in [0.1, 0.15) is 5.56 Å². The molecule has 4 rings (SSSR count). The third-order valence-corrected chi connectivity index (χ3v) is 6.28. The third-order valence-electron chi connectivity index (χ3n) is 4.35. The maximum absolute atomic E-state index is 12.5. The van der Waals surface area contributed by atoms with Crippen LogP contribution in [0.2, 0.25) is 0 Å². The molecule has 0 atom stereocenters. The summed E-state index contributed by atoms with van der Waals surface area (Å²) in [5.74, 6) is 0.962. The van der Waals surface area contributed by atoms with E-state index < -0.39 is 10.0 Å². The molecule has 9 heteroatoms. The van der Waals surface area contributed by atoms with Gasteiger partial charge in [0.1, 0.15) is 0 Å². The molecule has 158 valence electrons. The molecule has 0 spiro atoms. The van der Waals surface area contributed by atoms with Crippen LogP contribution in [-0.4, -0.2) is 21.1 Å². The lowest BCUT2D eigenvalue weighted by molar-refractivity contribution is -0.111. The Hall–Kier alpha value is -3.30. The number of sulfonamides is 1. The quantitative estimate of drug-likeness (QED) is 0.481. The maximum Gasteiger partial charge on any atom is 0.261 e. The van der Waals surface area contributed by atoms with Gasteiger partial charge in [0.05, 0.1) is 4.90 Å². The summed E-state index contributed by atoms with van der Waals surface area (Å²) in [6, 6.07) is 18.1. The van der Waals surface area contributed by atoms with Gasteiger partial charge in [-0.05, 0) is 72.3 Å². The highest BCUT2D eigenvalue weighted by atomic mass is 79.9. The summed E-state index contributed by atoms with van der Waals surface area (Å²) in [7, 11) is -3.74. The molecule has 0 saturated carbocycles. The van der Waals surface area contributed by atoms with Gasteiger partial charge >= 0.3 is 0 Å². The van der Waals surface area contributed by atoms with Crippen molar-refractivity contribution in [3.05, 3.63) is 82.8 Å². The smallest absolute Gasteiger partial charge is 0.261 e. The lowest BCUT2D eigenvalue weighted by Gasteiger charge is -2.09. The minimum absolute atomic E-state index is 0.0873. The first-order valence-electron chi connectivity index (χ1n) is 9.16. The number of carbonyl (C=O) groups is 1. The summed E-state index contributed by atoms with van der Waals surface area (Å²) in [4.78, 5) is 12.3. The van der Waals surface area contributed by atoms with E-state index in [4.69, 9.17) is 9.47 Å². The molecule has 0 radical (unpaired) electrons. The number of nitrogens with one attached hydrogen (secondary N) is 2. The first-order valence-corrected chi connectivity index (χ1v) is 11.4. The fraction of sp³-hybridized carbons (Fsp3) is 0.0455. The molecule has 1 heterocycles. The van der Waals surface area contributed by atoms with Gasteiger partial charge in [-0.25, -0.2) is 8.42 Å². The summed E-state index contributed by atoms with van der Waals surface area (Å²) in [6.45, 7) is 0.188. The van der Waals surface area contributed by atoms with Gasteiger partial charge in [-0.3, -0.25) is 9.52 Å². The third kappa shape index (κ3) is 5.25. The molecular weight excluding hydrogens is 484 g/mol. The number of amides is 1. The number of hydrogen-bond donors (Lipinski definition) is 2. The zero-order valence-corrected chi connectivity index (χ0v) is 18.4. The Morgan fingerprint density at radius 2 is 1.58 bits per heavy atom. The molecule has 1 amide bonds. The molecule has 31 heavy (non-hydrogen) atoms. The van der Waals surface area contributed by atoms with Gasteiger partial charge in [-0.1, -0.05) is 22.0 Å². The molecule has 0 aliphatic carbocycles. The fourth-order valence-electron chi connectivity index (χ4n) is 2.82. The van der Waals surface area contributed by atoms with Crippen molar-refractivity contribution in [3.8, 4) is 11.5 Å². The number of carbonyl (C=O) groups excluding carboxylic acids is 1. The van der Waals surface area contributed by atoms with Crippen LogP contribution in [0, 0.1) is 0 Å². The molecule has 3 aromatic carbocycles. The highest BCUT2D eigenvalue weighted by Gasteiger charge is 2.15. The normalized spacial score (nSPS) is 12.7. The zero-order chi connectivity index (χ0) is 21.8. The first-order chi connectivity index (χ1) is 14.9. The predicted molar refractivity (Wildman–Crippen MR) is 122 cm³/mol. The number of ether oxygens (including phenoxy) is 2. The zero-order valence-electron chi connectivity index (χ0n) is 16.0. The summed E-state index contributed by atoms with van der Waals surface area (Å²) in [5, 5.41) is 2.70. The summed E-state index contributed by atoms with van der Waals surface area (Å²) >= 11 is 3.31. The van der Waals surface area contributed by atoms with Gasteiger partial charge in [0.25, 0.3) is 10.0 Å². The van der Waals surface area contributed by atoms with Crippen molar-refractivity contribution in [2.75, 3.05) is 16.8 Å². The predicted octanol–water partition coefficient (Wildman–Crippen LogP) is 4.63. The monoisotopic (exact) mass is 500 g/mol. The van der Waals surface area contributed by atoms with Crippen molar-refractivity contribution in [2.45, 2.75) is 4.90 Å². The average Bonchev–Trinajstić information content (AvgIpc) is 3.22. The molecule has 0 unspecified atom stereocenters. The molecule has 7 nitrogen and oxygen atoms in total. The van der Waals surface area contributed by atoms with Crippen LogP contribution in [0.15, 0.2) is 82.2 Å². The SMILES string of the molecule is O=C(/C=C/c1ccc2c(c1)OCO2)Nc1ccc(S(=O)(=O)Nc2ccc(Br)cc2)cc1. The fourth-order valence-corrected chi connectivity index (χ4v) is 4.15. The van der Waals surface area contributed by atoms with Crippen molar-refractivity contribution in [1.29, 1.82) is 0 Å². The molecule has 0 fully saturated rings. The van der Waals surface area contributed by atoms with E-state index in [1.54, 1.807) is 42.5 Å². The number of halogens is 1. The van der Waals surface area contributed by atoms with Gasteiger partial charge in [0.2, 0.25) is 12.7 Å². The number of anilines is 2. The van der Waals surface area contributed by atoms with Crippen molar-refractivity contribution >= 4 is 49.3 Å². The summed E-state index contributed by atoms with van der Waals surface area (Å²) in [6.07, 6.45) is 3.04. The van der Waals surface area contributed by atoms with E-state index in [1.165, 1.54) is 30.3 Å². The van der Waals surface area contributed by atoms with Crippen LogP contribution >= 0.6 is 15.9 Å². The van der Waals surface area contributed by atoms with Crippen LogP contribution < -0.4 is 19.5 Å². The summed E-state index contributed by atoms with van der Waals surface area (Å²) in [5.41, 5.74) is 1.72. The second kappa shape index (κ2) is 8.83. The Balaban J connectivity index is 1.38. The lowest BCUT2D eigenvalue weighted by Crippen LogP contribution is -2.13. The maximum atomic E-state index is 12.5. The Morgan fingerprint density at radius 3 is 2.32 bits per heavy atom. The molecule has 0 saturated heterocycles. The molecule has 0 aromatic heterocycles. The van der Waals surface area contributed by atoms with E-state index in [9.17, 15) is 13.2 Å². The largest absolute Gasteiger partial charge is 0.454 e. The van der Waals surface area contributed by atoms with Crippen molar-refractivity contribution in [3.63, 3.8) is 0 Å². The Bertz CT molecular complexity index is 1240. The average molecular weight is 501 g/mol. The van der Waals surface area contributed by atoms with Gasteiger partial charge in [-0.15, -0.1) is 0 Å². The second-order valence-corrected chi connectivity index (χ2v) is 9.17. The highest BCUT2D eigenvalue weighted by Crippen LogP contribution is 2.32. The molecule has 3 aromatic rings. The van der Waals surface area contributed by atoms with Crippen LogP contribution in [0.25, 0.3) is 6.08 Å². The van der Waals surface area contributed by atoms with Crippen LogP contribution in [0.5, 0.6) is 11.5 Å². The first kappa shape index (κ1) is 21.0. The minimum Gasteiger partial charge on any atom is -0.454 e. The van der Waals surface area contributed by atoms with Crippen molar-refractivity contribution < 1.29 is 22.7 Å². The highest BCUT2D eigenvalue weighted by molar-refractivity contribution is 9.10. The minimum atomic E-state index is -3.74. The number of rotatable bonds is 6. The van der Waals surface area contributed by atoms with E-state index in [0.29, 0.717) is 22.9 Å². The van der Waals surface area contributed by atoms with E-state index in [1.807, 2.05) is 6.07 Å². The summed E-state index contributed by atoms with van der Waals surface area (Å²) < 4.78 is 39.0. The van der Waals surface area contributed by atoms with Gasteiger partial charge in [0, 0.05) is 21.9 Å². The second-order valence-electron chi connectivity index (χ2n) is 6.57. The van der Waals surface area contributed by atoms with Crippen LogP contribution in [0.3, 0.4) is 0 Å². The van der Waals surface area contributed by atoms with Crippen molar-refractivity contribution in [1.82, 2.24) is 0 Å². The lowest BCUT2D eigenvalue weighted by atomic mass is 10.2. The van der Waals surface area contributed by atoms with Crippen LogP contribution in [-0.2, 0) is 14.8 Å². The van der Waals surface area contributed by atoms with Crippen LogP contribution in [0.4, 0.5) is 11.4 Å². The number of benzene rings is 3. The Kier molecular flexibility index (Phi) is 5.97. The standard InChI is InChI=1S/C22H17BrN2O5S/c23-16-3-5-18(6-4-16)25-31(27,28)19-9-7-17(8-10-19)24-22(26)12-2-15-1-11-20-21(13-15)30-14-29-20/h1-13,25H,14H2,(H,24,26)/b12-2+. The Labute approximate surface area is 187 Å². The number of hydrogen-bond acceptors (Lipinski definition) is 5. The molecule has 0 bridgehead atoms. The number of fused-ring (bicyclic) bond motifs is 1. The molecular formula is C22H17BrN2O5S. The topological polar surface area (TPSA) is 93.7 Å². The van der Waals surface area contributed by atoms with Gasteiger partial charge in [0.15, 0.2) is 11.5 Å². The van der Waals surface area contributed by atoms with Gasteiger partial charge < -0.3 is 14.8 Å². The van der Waals surface area contributed by atoms with E-state index >= 15 is 0 Å². The molecule has 1 aliphatic heterocycles. The molecule has 1 aliphatic rings. The van der Waals surface area contributed by atoms with E-state index in [0.717, 1.165) is 10.0 Å². The van der Waals surface area contributed by atoms with Crippen molar-refractivity contribution in [2.24, 2.45) is 0 Å². The van der Waals surface area contributed by atoms with Gasteiger partial charge in [-0.2, -0.15) is 0 Å². The van der Waals surface area contributed by atoms with E-state index in [2.05, 4.69) is 26.0 Å². The van der Waals surface area contributed by atoms with E-state index in [-0.39, 0.29) is 17.6 Å². The Morgan fingerprint density at radius 1 is 0.903 bits per heavy atom. The molecule has 2 N–H and O–H groups in total.